The Morgan fingerprint density at radius 2 is 2.12 bits per heavy atom. The summed E-state index contributed by atoms with van der Waals surface area (Å²) in [6.45, 7) is 3.58. The molecule has 0 atom stereocenters. The van der Waals surface area contributed by atoms with Crippen molar-refractivity contribution in [1.29, 1.82) is 0 Å². The molecule has 0 saturated carbocycles. The van der Waals surface area contributed by atoms with Crippen molar-refractivity contribution in [2.75, 3.05) is 0 Å². The van der Waals surface area contributed by atoms with Gasteiger partial charge in [-0.15, -0.1) is 0 Å². The first-order valence-corrected chi connectivity index (χ1v) is 5.64. The van der Waals surface area contributed by atoms with Gasteiger partial charge < -0.3 is 0 Å². The number of ketones is 1. The summed E-state index contributed by atoms with van der Waals surface area (Å²) < 4.78 is 0. The van der Waals surface area contributed by atoms with Crippen molar-refractivity contribution in [2.45, 2.75) is 20.3 Å². The van der Waals surface area contributed by atoms with E-state index >= 15 is 0 Å². The lowest BCUT2D eigenvalue weighted by molar-refractivity contribution is 0.101. The largest absolute Gasteiger partial charge is 0.295 e. The zero-order chi connectivity index (χ0) is 12.3. The van der Waals surface area contributed by atoms with Crippen molar-refractivity contribution in [3.63, 3.8) is 0 Å². The van der Waals surface area contributed by atoms with Crippen molar-refractivity contribution in [3.8, 4) is 11.3 Å². The lowest BCUT2D eigenvalue weighted by Crippen LogP contribution is -1.96. The van der Waals surface area contributed by atoms with Gasteiger partial charge in [-0.25, -0.2) is 9.97 Å². The maximum Gasteiger partial charge on any atom is 0.159 e. The summed E-state index contributed by atoms with van der Waals surface area (Å²) in [6, 6.07) is 9.37. The molecule has 0 N–H and O–H groups in total. The van der Waals surface area contributed by atoms with E-state index < -0.39 is 0 Å². The van der Waals surface area contributed by atoms with Crippen molar-refractivity contribution in [1.82, 2.24) is 9.97 Å². The highest BCUT2D eigenvalue weighted by Crippen LogP contribution is 2.18. The van der Waals surface area contributed by atoms with Crippen LogP contribution in [0.25, 0.3) is 11.3 Å². The SMILES string of the molecule is CCc1nccc(-c2cccc(C(C)=O)c2)n1. The Kier molecular flexibility index (Phi) is 3.28. The van der Waals surface area contributed by atoms with Gasteiger partial charge in [0.05, 0.1) is 5.69 Å². The number of nitrogens with zero attached hydrogens (tertiary/aromatic N) is 2. The van der Waals surface area contributed by atoms with Gasteiger partial charge in [-0.3, -0.25) is 4.79 Å². The lowest BCUT2D eigenvalue weighted by Gasteiger charge is -2.04. The third-order valence-corrected chi connectivity index (χ3v) is 2.59. The molecule has 0 aliphatic heterocycles. The highest BCUT2D eigenvalue weighted by Gasteiger charge is 2.04. The second-order valence-corrected chi connectivity index (χ2v) is 3.85. The molecular weight excluding hydrogens is 212 g/mol. The van der Waals surface area contributed by atoms with Crippen LogP contribution in [0.3, 0.4) is 0 Å². The summed E-state index contributed by atoms with van der Waals surface area (Å²) in [5.41, 5.74) is 2.52. The molecule has 3 nitrogen and oxygen atoms in total. The number of hydrogen-bond donors (Lipinski definition) is 0. The Morgan fingerprint density at radius 1 is 1.29 bits per heavy atom. The van der Waals surface area contributed by atoms with Gasteiger partial charge in [0.25, 0.3) is 0 Å². The lowest BCUT2D eigenvalue weighted by atomic mass is 10.1. The number of Topliss-reactive ketones (excluding diaryl/α,β-unsaturated/α-hetero) is 1. The van der Waals surface area contributed by atoms with Gasteiger partial charge in [0, 0.05) is 23.7 Å². The molecular formula is C14H14N2O. The van der Waals surface area contributed by atoms with Crippen molar-refractivity contribution < 1.29 is 4.79 Å². The number of hydrogen-bond acceptors (Lipinski definition) is 3. The second-order valence-electron chi connectivity index (χ2n) is 3.85. The summed E-state index contributed by atoms with van der Waals surface area (Å²) in [5.74, 6) is 0.882. The van der Waals surface area contributed by atoms with Crippen LogP contribution in [-0.2, 0) is 6.42 Å². The average Bonchev–Trinajstić information content (AvgIpc) is 2.39. The molecule has 1 heterocycles. The van der Waals surface area contributed by atoms with Gasteiger partial charge in [0.1, 0.15) is 5.82 Å². The molecule has 0 spiro atoms. The van der Waals surface area contributed by atoms with E-state index in [-0.39, 0.29) is 5.78 Å². The number of benzene rings is 1. The van der Waals surface area contributed by atoms with Crippen LogP contribution in [0.5, 0.6) is 0 Å². The maximum atomic E-state index is 11.3. The molecule has 0 amide bonds. The molecule has 17 heavy (non-hydrogen) atoms. The summed E-state index contributed by atoms with van der Waals surface area (Å²) in [4.78, 5) is 19.9. The van der Waals surface area contributed by atoms with E-state index in [1.807, 2.05) is 37.3 Å². The fourth-order valence-corrected chi connectivity index (χ4v) is 1.63. The van der Waals surface area contributed by atoms with Gasteiger partial charge in [-0.1, -0.05) is 25.1 Å². The van der Waals surface area contributed by atoms with Gasteiger partial charge >= 0.3 is 0 Å². The standard InChI is InChI=1S/C14H14N2O/c1-3-14-15-8-7-13(16-14)12-6-4-5-11(9-12)10(2)17/h4-9H,3H2,1-2H3. The molecule has 0 aliphatic rings. The van der Waals surface area contributed by atoms with E-state index in [0.29, 0.717) is 5.56 Å². The van der Waals surface area contributed by atoms with Gasteiger partial charge in [0.15, 0.2) is 5.78 Å². The monoisotopic (exact) mass is 226 g/mol. The molecule has 1 aromatic heterocycles. The normalized spacial score (nSPS) is 10.2. The van der Waals surface area contributed by atoms with Crippen LogP contribution in [0.1, 0.15) is 30.0 Å². The Hall–Kier alpha value is -2.03. The highest BCUT2D eigenvalue weighted by molar-refractivity contribution is 5.95. The molecule has 0 unspecified atom stereocenters. The number of carbonyl (C=O) groups excluding carboxylic acids is 1. The Morgan fingerprint density at radius 3 is 2.82 bits per heavy atom. The minimum absolute atomic E-state index is 0.0663. The first-order valence-electron chi connectivity index (χ1n) is 5.64. The Bertz CT molecular complexity index is 549. The number of rotatable bonds is 3. The van der Waals surface area contributed by atoms with Crippen LogP contribution < -0.4 is 0 Å². The third kappa shape index (κ3) is 2.56. The molecule has 1 aromatic carbocycles. The van der Waals surface area contributed by atoms with Crippen LogP contribution in [0.15, 0.2) is 36.5 Å². The van der Waals surface area contributed by atoms with Crippen molar-refractivity contribution in [3.05, 3.63) is 47.9 Å². The third-order valence-electron chi connectivity index (χ3n) is 2.59. The minimum atomic E-state index is 0.0663. The van der Waals surface area contributed by atoms with Crippen LogP contribution in [0.4, 0.5) is 0 Å². The topological polar surface area (TPSA) is 42.9 Å². The first kappa shape index (κ1) is 11.5. The molecule has 2 rings (SSSR count). The minimum Gasteiger partial charge on any atom is -0.295 e. The molecule has 0 bridgehead atoms. The molecule has 86 valence electrons. The number of carbonyl (C=O) groups is 1. The van der Waals surface area contributed by atoms with Gasteiger partial charge in [0.2, 0.25) is 0 Å². The van der Waals surface area contributed by atoms with E-state index in [2.05, 4.69) is 9.97 Å². The molecule has 3 heteroatoms. The fraction of sp³-hybridized carbons (Fsp3) is 0.214. The molecule has 0 radical (unpaired) electrons. The molecule has 2 aromatic rings. The molecule has 0 fully saturated rings. The number of aryl methyl sites for hydroxylation is 1. The predicted molar refractivity (Wildman–Crippen MR) is 66.9 cm³/mol. The summed E-state index contributed by atoms with van der Waals surface area (Å²) in [5, 5.41) is 0. The Labute approximate surface area is 101 Å². The van der Waals surface area contributed by atoms with E-state index in [0.717, 1.165) is 23.5 Å². The zero-order valence-electron chi connectivity index (χ0n) is 9.97. The first-order chi connectivity index (χ1) is 8.20. The quantitative estimate of drug-likeness (QED) is 0.756. The summed E-state index contributed by atoms with van der Waals surface area (Å²) in [6.07, 6.45) is 2.56. The van der Waals surface area contributed by atoms with Gasteiger partial charge in [-0.2, -0.15) is 0 Å². The second kappa shape index (κ2) is 4.87. The van der Waals surface area contributed by atoms with Crippen molar-refractivity contribution in [2.24, 2.45) is 0 Å². The van der Waals surface area contributed by atoms with E-state index in [4.69, 9.17) is 0 Å². The molecule has 0 aliphatic carbocycles. The van der Waals surface area contributed by atoms with Crippen LogP contribution in [0.2, 0.25) is 0 Å². The fourth-order valence-electron chi connectivity index (χ4n) is 1.63. The molecule has 0 saturated heterocycles. The van der Waals surface area contributed by atoms with E-state index in [1.54, 1.807) is 13.1 Å². The summed E-state index contributed by atoms with van der Waals surface area (Å²) in [7, 11) is 0. The smallest absolute Gasteiger partial charge is 0.159 e. The maximum absolute atomic E-state index is 11.3. The highest BCUT2D eigenvalue weighted by atomic mass is 16.1. The number of aromatic nitrogens is 2. The Balaban J connectivity index is 2.45. The van der Waals surface area contributed by atoms with Crippen LogP contribution >= 0.6 is 0 Å². The van der Waals surface area contributed by atoms with Crippen LogP contribution in [0, 0.1) is 0 Å². The van der Waals surface area contributed by atoms with E-state index in [1.165, 1.54) is 0 Å². The van der Waals surface area contributed by atoms with Gasteiger partial charge in [-0.05, 0) is 19.1 Å². The zero-order valence-corrected chi connectivity index (χ0v) is 9.97. The van der Waals surface area contributed by atoms with Crippen molar-refractivity contribution >= 4 is 5.78 Å². The summed E-state index contributed by atoms with van der Waals surface area (Å²) >= 11 is 0. The predicted octanol–water partition coefficient (Wildman–Crippen LogP) is 2.91. The van der Waals surface area contributed by atoms with E-state index in [9.17, 15) is 4.79 Å². The average molecular weight is 226 g/mol. The van der Waals surface area contributed by atoms with Crippen LogP contribution in [-0.4, -0.2) is 15.8 Å².